The number of piperazine rings is 1. The van der Waals surface area contributed by atoms with Crippen molar-refractivity contribution in [2.24, 2.45) is 4.99 Å². The van der Waals surface area contributed by atoms with Crippen LogP contribution >= 0.6 is 35.5 Å². The average Bonchev–Trinajstić information content (AvgIpc) is 3.35. The van der Waals surface area contributed by atoms with E-state index in [1.807, 2.05) is 4.68 Å². The van der Waals surface area contributed by atoms with E-state index < -0.39 is 0 Å². The molecular formula is C20H35IN8OS. The van der Waals surface area contributed by atoms with Gasteiger partial charge in [0.25, 0.3) is 0 Å². The van der Waals surface area contributed by atoms with Crippen molar-refractivity contribution in [3.8, 4) is 0 Å². The highest BCUT2D eigenvalue weighted by Gasteiger charge is 2.22. The summed E-state index contributed by atoms with van der Waals surface area (Å²) in [7, 11) is 1.72. The molecular weight excluding hydrogens is 527 g/mol. The summed E-state index contributed by atoms with van der Waals surface area (Å²) in [5, 5.41) is 9.14. The molecule has 0 unspecified atom stereocenters. The van der Waals surface area contributed by atoms with Crippen LogP contribution in [-0.2, 0) is 24.2 Å². The van der Waals surface area contributed by atoms with Crippen LogP contribution in [-0.4, -0.2) is 76.4 Å². The van der Waals surface area contributed by atoms with E-state index in [9.17, 15) is 0 Å². The summed E-state index contributed by atoms with van der Waals surface area (Å²) in [5.74, 6) is 1.90. The number of hydrogen-bond donors (Lipinski definition) is 1. The number of guanidine groups is 1. The summed E-state index contributed by atoms with van der Waals surface area (Å²) in [6.07, 6.45) is 0.884. The quantitative estimate of drug-likeness (QED) is 0.301. The van der Waals surface area contributed by atoms with E-state index in [0.717, 1.165) is 74.0 Å². The van der Waals surface area contributed by atoms with Crippen LogP contribution in [0.1, 0.15) is 36.6 Å². The molecule has 11 heteroatoms. The van der Waals surface area contributed by atoms with Crippen molar-refractivity contribution in [3.63, 3.8) is 0 Å². The monoisotopic (exact) mass is 562 g/mol. The van der Waals surface area contributed by atoms with Crippen molar-refractivity contribution in [2.45, 2.75) is 47.2 Å². The van der Waals surface area contributed by atoms with Crippen LogP contribution in [0.3, 0.4) is 0 Å². The van der Waals surface area contributed by atoms with Gasteiger partial charge in [-0.1, -0.05) is 6.92 Å². The Hall–Kier alpha value is -1.47. The Morgan fingerprint density at radius 1 is 1.19 bits per heavy atom. The number of aryl methyl sites for hydroxylation is 2. The van der Waals surface area contributed by atoms with Gasteiger partial charge < -0.3 is 19.9 Å². The number of methoxy groups -OCH3 is 1. The molecule has 3 heterocycles. The van der Waals surface area contributed by atoms with Gasteiger partial charge in [0, 0.05) is 69.0 Å². The lowest BCUT2D eigenvalue weighted by atomic mass is 10.2. The minimum atomic E-state index is 0. The molecule has 31 heavy (non-hydrogen) atoms. The maximum absolute atomic E-state index is 5.19. The number of aliphatic imine (C=N–C) groups is 1. The lowest BCUT2D eigenvalue weighted by Gasteiger charge is -2.36. The van der Waals surface area contributed by atoms with E-state index in [0.29, 0.717) is 13.2 Å². The Morgan fingerprint density at radius 3 is 2.55 bits per heavy atom. The van der Waals surface area contributed by atoms with Crippen molar-refractivity contribution in [1.82, 2.24) is 29.4 Å². The lowest BCUT2D eigenvalue weighted by Crippen LogP contribution is -2.52. The molecule has 0 saturated carbocycles. The second kappa shape index (κ2) is 12.5. The van der Waals surface area contributed by atoms with Gasteiger partial charge in [0.15, 0.2) is 5.96 Å². The maximum Gasteiger partial charge on any atom is 0.205 e. The fourth-order valence-electron chi connectivity index (χ4n) is 3.56. The topological polar surface area (TPSA) is 83.7 Å². The second-order valence-corrected chi connectivity index (χ2v) is 8.09. The van der Waals surface area contributed by atoms with Gasteiger partial charge in [-0.2, -0.15) is 9.47 Å². The molecule has 2 aromatic rings. The highest BCUT2D eigenvalue weighted by molar-refractivity contribution is 14.0. The minimum absolute atomic E-state index is 0. The summed E-state index contributed by atoms with van der Waals surface area (Å²) < 4.78 is 11.6. The third-order valence-electron chi connectivity index (χ3n) is 5.38. The highest BCUT2D eigenvalue weighted by atomic mass is 127. The van der Waals surface area contributed by atoms with Crippen LogP contribution in [0.15, 0.2) is 4.99 Å². The smallest absolute Gasteiger partial charge is 0.205 e. The number of nitrogens with one attached hydrogen (secondary N) is 1. The van der Waals surface area contributed by atoms with Gasteiger partial charge >= 0.3 is 0 Å². The first-order valence-electron chi connectivity index (χ1n) is 10.7. The first-order valence-corrected chi connectivity index (χ1v) is 11.5. The molecule has 0 atom stereocenters. The van der Waals surface area contributed by atoms with Crippen LogP contribution in [0.4, 0.5) is 5.13 Å². The van der Waals surface area contributed by atoms with Crippen molar-refractivity contribution in [3.05, 3.63) is 22.8 Å². The fraction of sp³-hybridized carbons (Fsp3) is 0.700. The van der Waals surface area contributed by atoms with Gasteiger partial charge in [-0.25, -0.2) is 9.98 Å². The highest BCUT2D eigenvalue weighted by Crippen LogP contribution is 2.20. The summed E-state index contributed by atoms with van der Waals surface area (Å²) in [6, 6.07) is 0. The molecule has 1 aliphatic rings. The summed E-state index contributed by atoms with van der Waals surface area (Å²) in [5.41, 5.74) is 3.40. The van der Waals surface area contributed by atoms with Crippen LogP contribution in [0.2, 0.25) is 0 Å². The van der Waals surface area contributed by atoms with Gasteiger partial charge in [0.05, 0.1) is 25.4 Å². The standard InChI is InChI=1S/C20H34N8OS.HI/c1-6-18-23-20(30-25-18)27-10-8-26(9-11-27)19(21-7-2)22-14-17-15(3)24-28(16(17)4)12-13-29-5;/h6-14H2,1-5H3,(H,21,22);1H. The van der Waals surface area contributed by atoms with Gasteiger partial charge in [-0.3, -0.25) is 4.68 Å². The summed E-state index contributed by atoms with van der Waals surface area (Å²) in [4.78, 5) is 14.2. The fourth-order valence-corrected chi connectivity index (χ4v) is 4.37. The van der Waals surface area contributed by atoms with E-state index in [1.165, 1.54) is 17.1 Å². The van der Waals surface area contributed by atoms with Crippen molar-refractivity contribution >= 4 is 46.6 Å². The zero-order valence-electron chi connectivity index (χ0n) is 19.2. The Morgan fingerprint density at radius 2 is 1.94 bits per heavy atom. The molecule has 0 aromatic carbocycles. The molecule has 0 radical (unpaired) electrons. The van der Waals surface area contributed by atoms with Gasteiger partial charge in [-0.05, 0) is 20.8 Å². The molecule has 0 bridgehead atoms. The first-order chi connectivity index (χ1) is 14.6. The maximum atomic E-state index is 5.19. The Labute approximate surface area is 206 Å². The van der Waals surface area contributed by atoms with Crippen molar-refractivity contribution < 1.29 is 4.74 Å². The van der Waals surface area contributed by atoms with Crippen LogP contribution in [0, 0.1) is 13.8 Å². The SMILES string of the molecule is CCNC(=NCc1c(C)nn(CCOC)c1C)N1CCN(c2nc(CC)ns2)CC1.I. The Balaban J connectivity index is 0.00000341. The molecule has 1 N–H and O–H groups in total. The predicted octanol–water partition coefficient (Wildman–Crippen LogP) is 2.47. The average molecular weight is 563 g/mol. The van der Waals surface area contributed by atoms with Gasteiger partial charge in [0.2, 0.25) is 5.13 Å². The minimum Gasteiger partial charge on any atom is -0.383 e. The molecule has 9 nitrogen and oxygen atoms in total. The molecule has 0 spiro atoms. The lowest BCUT2D eigenvalue weighted by molar-refractivity contribution is 0.182. The number of halogens is 1. The van der Waals surface area contributed by atoms with E-state index in [2.05, 4.69) is 57.3 Å². The van der Waals surface area contributed by atoms with Gasteiger partial charge in [0.1, 0.15) is 5.82 Å². The van der Waals surface area contributed by atoms with Crippen LogP contribution < -0.4 is 10.2 Å². The van der Waals surface area contributed by atoms with E-state index >= 15 is 0 Å². The second-order valence-electron chi connectivity index (χ2n) is 7.36. The molecule has 2 aromatic heterocycles. The van der Waals surface area contributed by atoms with Gasteiger partial charge in [-0.15, -0.1) is 24.0 Å². The normalized spacial score (nSPS) is 14.7. The first kappa shape index (κ1) is 25.8. The Bertz CT molecular complexity index is 844. The number of aromatic nitrogens is 4. The predicted molar refractivity (Wildman–Crippen MR) is 137 cm³/mol. The number of anilines is 1. The Kier molecular flexibility index (Phi) is 10.4. The number of hydrogen-bond acceptors (Lipinski definition) is 7. The zero-order valence-corrected chi connectivity index (χ0v) is 22.4. The van der Waals surface area contributed by atoms with Crippen molar-refractivity contribution in [2.75, 3.05) is 51.3 Å². The summed E-state index contributed by atoms with van der Waals surface area (Å²) >= 11 is 1.50. The van der Waals surface area contributed by atoms with E-state index in [4.69, 9.17) is 9.73 Å². The molecule has 1 fully saturated rings. The number of nitrogens with zero attached hydrogens (tertiary/aromatic N) is 7. The van der Waals surface area contributed by atoms with Crippen molar-refractivity contribution in [1.29, 1.82) is 0 Å². The molecule has 1 aliphatic heterocycles. The molecule has 0 amide bonds. The molecule has 3 rings (SSSR count). The molecule has 0 aliphatic carbocycles. The number of rotatable bonds is 8. The van der Waals surface area contributed by atoms with E-state index in [-0.39, 0.29) is 24.0 Å². The van der Waals surface area contributed by atoms with Crippen LogP contribution in [0.25, 0.3) is 0 Å². The van der Waals surface area contributed by atoms with E-state index in [1.54, 1.807) is 7.11 Å². The number of ether oxygens (including phenoxy) is 1. The zero-order chi connectivity index (χ0) is 21.5. The third kappa shape index (κ3) is 6.51. The largest absolute Gasteiger partial charge is 0.383 e. The molecule has 1 saturated heterocycles. The third-order valence-corrected chi connectivity index (χ3v) is 6.20. The molecule has 174 valence electrons. The van der Waals surface area contributed by atoms with Crippen LogP contribution in [0.5, 0.6) is 0 Å². The summed E-state index contributed by atoms with van der Waals surface area (Å²) in [6.45, 7) is 14.9.